The van der Waals surface area contributed by atoms with Gasteiger partial charge in [-0.25, -0.2) is 26.3 Å². The molecule has 27 heavy (non-hydrogen) atoms. The number of hydrogen-bond acceptors (Lipinski definition) is 6. The monoisotopic (exact) mass is 414 g/mol. The maximum Gasteiger partial charge on any atom is 0.240 e. The molecule has 9 nitrogen and oxygen atoms in total. The number of carbonyl (C=O) groups excluding carboxylic acids is 1. The minimum absolute atomic E-state index is 0.166. The van der Waals surface area contributed by atoms with Crippen LogP contribution >= 0.6 is 0 Å². The number of nitrogens with one attached hydrogen (secondary N) is 3. The van der Waals surface area contributed by atoms with Crippen molar-refractivity contribution in [3.05, 3.63) is 48.5 Å². The Morgan fingerprint density at radius 3 is 1.48 bits per heavy atom. The fourth-order valence-corrected chi connectivity index (χ4v) is 3.26. The van der Waals surface area contributed by atoms with Gasteiger partial charge in [0.25, 0.3) is 0 Å². The highest BCUT2D eigenvalue weighted by Crippen LogP contribution is 2.13. The summed E-state index contributed by atoms with van der Waals surface area (Å²) in [5.74, 6) is -0.195. The Hall–Kier alpha value is -2.47. The van der Waals surface area contributed by atoms with Crippen LogP contribution in [0.4, 0.5) is 11.4 Å². The van der Waals surface area contributed by atoms with Gasteiger partial charge in [0, 0.05) is 18.3 Å². The van der Waals surface area contributed by atoms with Crippen molar-refractivity contribution >= 4 is 37.3 Å². The van der Waals surface area contributed by atoms with Crippen molar-refractivity contribution in [1.29, 1.82) is 0 Å². The average Bonchev–Trinajstić information content (AvgIpc) is 2.62. The van der Waals surface area contributed by atoms with E-state index in [0.29, 0.717) is 11.4 Å². The van der Waals surface area contributed by atoms with Crippen molar-refractivity contribution in [1.82, 2.24) is 9.44 Å². The van der Waals surface area contributed by atoms with Crippen molar-refractivity contribution in [2.75, 3.05) is 25.1 Å². The molecule has 2 rings (SSSR count). The molecule has 11 heteroatoms. The van der Waals surface area contributed by atoms with Gasteiger partial charge >= 0.3 is 0 Å². The molecule has 2 aromatic carbocycles. The number of nitrogens with two attached hydrogens (primary N) is 1. The minimum atomic E-state index is -3.41. The summed E-state index contributed by atoms with van der Waals surface area (Å²) in [4.78, 5) is 11.1. The summed E-state index contributed by atoms with van der Waals surface area (Å²) >= 11 is 0. The lowest BCUT2D eigenvalue weighted by molar-refractivity contribution is -0.114. The number of anilines is 2. The van der Waals surface area contributed by atoms with Crippen LogP contribution in [0.1, 0.15) is 6.92 Å². The van der Waals surface area contributed by atoms with E-state index in [9.17, 15) is 21.6 Å². The molecule has 0 bridgehead atoms. The Labute approximate surface area is 159 Å². The molecular formula is C16H22N4O5S2. The lowest BCUT2D eigenvalue weighted by Gasteiger charge is -2.04. The number of sulfonamides is 2. The molecular weight excluding hydrogens is 392 g/mol. The van der Waals surface area contributed by atoms with Crippen molar-refractivity contribution < 1.29 is 21.6 Å². The van der Waals surface area contributed by atoms with Gasteiger partial charge in [0.05, 0.1) is 9.79 Å². The smallest absolute Gasteiger partial charge is 0.240 e. The highest BCUT2D eigenvalue weighted by Gasteiger charge is 2.10. The molecule has 0 aliphatic rings. The molecule has 2 aromatic rings. The zero-order chi connectivity index (χ0) is 20.7. The second-order valence-corrected chi connectivity index (χ2v) is 8.96. The summed E-state index contributed by atoms with van der Waals surface area (Å²) in [6, 6.07) is 11.9. The molecule has 0 saturated carbocycles. The third-order valence-electron chi connectivity index (χ3n) is 3.21. The van der Waals surface area contributed by atoms with Gasteiger partial charge in [-0.15, -0.1) is 0 Å². The summed E-state index contributed by atoms with van der Waals surface area (Å²) in [6.07, 6.45) is 0. The van der Waals surface area contributed by atoms with E-state index in [-0.39, 0.29) is 15.7 Å². The molecule has 0 aliphatic heterocycles. The first-order chi connectivity index (χ1) is 12.5. The summed E-state index contributed by atoms with van der Waals surface area (Å²) in [5, 5.41) is 2.55. The average molecular weight is 415 g/mol. The highest BCUT2D eigenvalue weighted by atomic mass is 32.2. The molecule has 0 unspecified atom stereocenters. The van der Waals surface area contributed by atoms with Gasteiger partial charge in [0.1, 0.15) is 0 Å². The fourth-order valence-electron chi connectivity index (χ4n) is 1.80. The van der Waals surface area contributed by atoms with E-state index in [4.69, 9.17) is 5.73 Å². The van der Waals surface area contributed by atoms with Gasteiger partial charge in [0.15, 0.2) is 0 Å². The van der Waals surface area contributed by atoms with Crippen LogP contribution in [0, 0.1) is 0 Å². The molecule has 0 radical (unpaired) electrons. The molecule has 0 saturated heterocycles. The Bertz CT molecular complexity index is 970. The van der Waals surface area contributed by atoms with Crippen molar-refractivity contribution in [2.24, 2.45) is 0 Å². The lowest BCUT2D eigenvalue weighted by atomic mass is 10.3. The van der Waals surface area contributed by atoms with Crippen molar-refractivity contribution in [3.63, 3.8) is 0 Å². The van der Waals surface area contributed by atoms with Crippen LogP contribution in [-0.4, -0.2) is 36.8 Å². The minimum Gasteiger partial charge on any atom is -0.399 e. The van der Waals surface area contributed by atoms with Gasteiger partial charge < -0.3 is 11.1 Å². The van der Waals surface area contributed by atoms with Crippen LogP contribution in [0.25, 0.3) is 0 Å². The molecule has 5 N–H and O–H groups in total. The molecule has 148 valence electrons. The van der Waals surface area contributed by atoms with Gasteiger partial charge in [-0.3, -0.25) is 4.79 Å². The molecule has 1 amide bonds. The number of benzene rings is 2. The predicted octanol–water partition coefficient (Wildman–Crippen LogP) is 0.730. The van der Waals surface area contributed by atoms with Crippen LogP contribution in [0.15, 0.2) is 58.3 Å². The van der Waals surface area contributed by atoms with Gasteiger partial charge in [-0.2, -0.15) is 0 Å². The van der Waals surface area contributed by atoms with Crippen molar-refractivity contribution in [2.45, 2.75) is 16.7 Å². The number of nitrogen functional groups attached to an aromatic ring is 1. The summed E-state index contributed by atoms with van der Waals surface area (Å²) < 4.78 is 49.4. The van der Waals surface area contributed by atoms with Crippen LogP contribution in [0.5, 0.6) is 0 Å². The third-order valence-corrected chi connectivity index (χ3v) is 6.07. The second-order valence-electron chi connectivity index (χ2n) is 5.19. The molecule has 0 fully saturated rings. The summed E-state index contributed by atoms with van der Waals surface area (Å²) in [5.41, 5.74) is 6.51. The highest BCUT2D eigenvalue weighted by molar-refractivity contribution is 7.89. The maximum atomic E-state index is 11.3. The van der Waals surface area contributed by atoms with E-state index >= 15 is 0 Å². The largest absolute Gasteiger partial charge is 0.399 e. The normalized spacial score (nSPS) is 11.2. The van der Waals surface area contributed by atoms with Crippen molar-refractivity contribution in [3.8, 4) is 0 Å². The lowest BCUT2D eigenvalue weighted by Crippen LogP contribution is -2.18. The number of rotatable bonds is 5. The fraction of sp³-hybridized carbons (Fsp3) is 0.188. The number of amides is 1. The zero-order valence-electron chi connectivity index (χ0n) is 15.1. The first-order valence-electron chi connectivity index (χ1n) is 7.62. The molecule has 0 aromatic heterocycles. The Morgan fingerprint density at radius 1 is 0.778 bits per heavy atom. The van der Waals surface area contributed by atoms with E-state index in [1.165, 1.54) is 57.4 Å². The van der Waals surface area contributed by atoms with E-state index < -0.39 is 20.0 Å². The quantitative estimate of drug-likeness (QED) is 0.530. The first kappa shape index (κ1) is 22.6. The van der Waals surface area contributed by atoms with Gasteiger partial charge in [0.2, 0.25) is 26.0 Å². The predicted molar refractivity (Wildman–Crippen MR) is 104 cm³/mol. The number of carbonyl (C=O) groups is 1. The first-order valence-corrected chi connectivity index (χ1v) is 10.6. The molecule has 0 atom stereocenters. The topological polar surface area (TPSA) is 147 Å². The molecule has 0 heterocycles. The Kier molecular flexibility index (Phi) is 7.91. The second kappa shape index (κ2) is 9.46. The van der Waals surface area contributed by atoms with E-state index in [1.807, 2.05) is 0 Å². The number of hydrogen-bond donors (Lipinski definition) is 4. The third kappa shape index (κ3) is 6.98. The SMILES string of the molecule is CNS(=O)(=O)c1ccc(N)cc1.CNS(=O)(=O)c1ccc(NC(C)=O)cc1. The van der Waals surface area contributed by atoms with Gasteiger partial charge in [-0.1, -0.05) is 0 Å². The molecule has 0 aliphatic carbocycles. The van der Waals surface area contributed by atoms with E-state index in [0.717, 1.165) is 0 Å². The van der Waals surface area contributed by atoms with Crippen LogP contribution in [0.2, 0.25) is 0 Å². The summed E-state index contributed by atoms with van der Waals surface area (Å²) in [6.45, 7) is 1.39. The van der Waals surface area contributed by atoms with Crippen LogP contribution in [-0.2, 0) is 24.8 Å². The Morgan fingerprint density at radius 2 is 1.15 bits per heavy atom. The Balaban J connectivity index is 0.000000277. The van der Waals surface area contributed by atoms with E-state index in [1.54, 1.807) is 12.1 Å². The van der Waals surface area contributed by atoms with Crippen LogP contribution < -0.4 is 20.5 Å². The molecule has 0 spiro atoms. The standard InChI is InChI=1S/C9H12N2O3S.C7H10N2O2S/c1-7(12)11-8-3-5-9(6-4-8)15(13,14)10-2;1-9-12(10,11)7-4-2-6(8)3-5-7/h3-6,10H,1-2H3,(H,11,12);2-5,9H,8H2,1H3. The summed E-state index contributed by atoms with van der Waals surface area (Å²) in [7, 11) is -4.02. The van der Waals surface area contributed by atoms with Crippen LogP contribution in [0.3, 0.4) is 0 Å². The van der Waals surface area contributed by atoms with Gasteiger partial charge in [-0.05, 0) is 62.6 Å². The maximum absolute atomic E-state index is 11.3. The zero-order valence-corrected chi connectivity index (χ0v) is 16.7. The van der Waals surface area contributed by atoms with E-state index in [2.05, 4.69) is 14.8 Å².